The molecule has 2 aliphatic rings. The molecular weight excluding hydrogens is 420 g/mol. The predicted molar refractivity (Wildman–Crippen MR) is 130 cm³/mol. The molecule has 1 aromatic carbocycles. The van der Waals surface area contributed by atoms with Gasteiger partial charge in [-0.05, 0) is 50.9 Å². The van der Waals surface area contributed by atoms with Crippen LogP contribution in [0.3, 0.4) is 0 Å². The number of ether oxygens (including phenoxy) is 2. The smallest absolute Gasteiger partial charge is 0.319 e. The van der Waals surface area contributed by atoms with E-state index in [9.17, 15) is 9.59 Å². The van der Waals surface area contributed by atoms with Gasteiger partial charge >= 0.3 is 6.03 Å². The van der Waals surface area contributed by atoms with Crippen molar-refractivity contribution < 1.29 is 19.1 Å². The Morgan fingerprint density at radius 1 is 1.12 bits per heavy atom. The Hall–Kier alpha value is -2.32. The highest BCUT2D eigenvalue weighted by Crippen LogP contribution is 2.26. The molecule has 1 aliphatic heterocycles. The Morgan fingerprint density at radius 2 is 1.85 bits per heavy atom. The molecule has 0 unspecified atom stereocenters. The first-order valence-electron chi connectivity index (χ1n) is 12.1. The zero-order valence-electron chi connectivity index (χ0n) is 20.7. The zero-order valence-corrected chi connectivity index (χ0v) is 20.7. The number of likely N-dealkylation sites (N-methyl/N-ethyl adjacent to an activating group) is 2. The second-order valence-corrected chi connectivity index (χ2v) is 9.68. The van der Waals surface area contributed by atoms with Crippen LogP contribution in [-0.4, -0.2) is 80.8 Å². The van der Waals surface area contributed by atoms with Crippen LogP contribution >= 0.6 is 0 Å². The summed E-state index contributed by atoms with van der Waals surface area (Å²) in [5.74, 6) is 0.609. The van der Waals surface area contributed by atoms with Crippen LogP contribution in [0.5, 0.6) is 5.75 Å². The fourth-order valence-electron chi connectivity index (χ4n) is 4.63. The molecule has 0 spiro atoms. The van der Waals surface area contributed by atoms with Crippen molar-refractivity contribution >= 4 is 17.6 Å². The third-order valence-electron chi connectivity index (χ3n) is 6.95. The van der Waals surface area contributed by atoms with Crippen molar-refractivity contribution in [2.24, 2.45) is 5.92 Å². The molecule has 1 saturated carbocycles. The van der Waals surface area contributed by atoms with Gasteiger partial charge in [0.2, 0.25) is 0 Å². The number of benzene rings is 1. The van der Waals surface area contributed by atoms with Gasteiger partial charge in [0.05, 0.1) is 11.7 Å². The van der Waals surface area contributed by atoms with Gasteiger partial charge in [-0.15, -0.1) is 0 Å². The van der Waals surface area contributed by atoms with E-state index in [1.54, 1.807) is 37.3 Å². The quantitative estimate of drug-likeness (QED) is 0.721. The molecule has 3 rings (SSSR count). The number of carbonyl (C=O) groups excluding carboxylic acids is 2. The number of rotatable bonds is 3. The number of methoxy groups -OCH3 is 1. The third-order valence-corrected chi connectivity index (χ3v) is 6.95. The maximum atomic E-state index is 13.4. The molecule has 1 aromatic rings. The summed E-state index contributed by atoms with van der Waals surface area (Å²) in [6.07, 6.45) is 5.48. The summed E-state index contributed by atoms with van der Waals surface area (Å²) in [7, 11) is 5.55. The molecular formula is C25H40N4O4. The van der Waals surface area contributed by atoms with E-state index in [4.69, 9.17) is 9.47 Å². The lowest BCUT2D eigenvalue weighted by atomic mass is 9.96. The minimum Gasteiger partial charge on any atom is -0.491 e. The molecule has 0 aromatic heterocycles. The number of nitrogens with one attached hydrogen (secondary N) is 2. The summed E-state index contributed by atoms with van der Waals surface area (Å²) >= 11 is 0. The van der Waals surface area contributed by atoms with Crippen LogP contribution in [0.15, 0.2) is 18.2 Å². The van der Waals surface area contributed by atoms with E-state index >= 15 is 0 Å². The first-order valence-corrected chi connectivity index (χ1v) is 12.1. The highest BCUT2D eigenvalue weighted by Gasteiger charge is 2.27. The largest absolute Gasteiger partial charge is 0.491 e. The summed E-state index contributed by atoms with van der Waals surface area (Å²) in [6.45, 7) is 6.03. The van der Waals surface area contributed by atoms with Gasteiger partial charge in [-0.3, -0.25) is 9.69 Å². The number of anilines is 1. The molecule has 8 nitrogen and oxygen atoms in total. The summed E-state index contributed by atoms with van der Waals surface area (Å²) in [5, 5.41) is 5.95. The number of hydrogen-bond donors (Lipinski definition) is 2. The average molecular weight is 461 g/mol. The van der Waals surface area contributed by atoms with E-state index in [1.165, 1.54) is 6.42 Å². The second kappa shape index (κ2) is 11.7. The Bertz CT molecular complexity index is 812. The first-order chi connectivity index (χ1) is 15.8. The van der Waals surface area contributed by atoms with Gasteiger partial charge in [0, 0.05) is 45.0 Å². The molecule has 3 atom stereocenters. The number of nitrogens with zero attached hydrogens (tertiary/aromatic N) is 2. The standard InChI is InChI=1S/C25H40N4O4/c1-17-14-28(3)18(2)16-33-22-12-11-20(27-25(31)26-19-9-7-6-8-10-19)13-21(22)24(30)29(4)15-23(17)32-5/h11-13,17-19,23H,6-10,14-16H2,1-5H3,(H2,26,27,31)/t17-,18+,23-/m1/s1. The Labute approximate surface area is 198 Å². The lowest BCUT2D eigenvalue weighted by molar-refractivity contribution is 0.0150. The highest BCUT2D eigenvalue weighted by atomic mass is 16.5. The zero-order chi connectivity index (χ0) is 24.0. The number of urea groups is 1. The summed E-state index contributed by atoms with van der Waals surface area (Å²) in [5.41, 5.74) is 1.01. The topological polar surface area (TPSA) is 83.1 Å². The van der Waals surface area contributed by atoms with Gasteiger partial charge < -0.3 is 25.0 Å². The maximum Gasteiger partial charge on any atom is 0.319 e. The molecule has 0 saturated heterocycles. The number of amides is 3. The first kappa shape index (κ1) is 25.3. The van der Waals surface area contributed by atoms with Crippen LogP contribution in [0.2, 0.25) is 0 Å². The van der Waals surface area contributed by atoms with Crippen molar-refractivity contribution in [3.8, 4) is 5.75 Å². The summed E-state index contributed by atoms with van der Waals surface area (Å²) < 4.78 is 11.8. The summed E-state index contributed by atoms with van der Waals surface area (Å²) in [4.78, 5) is 29.8. The van der Waals surface area contributed by atoms with Crippen LogP contribution in [0.1, 0.15) is 56.3 Å². The minimum atomic E-state index is -0.236. The maximum absolute atomic E-state index is 13.4. The molecule has 0 bridgehead atoms. The van der Waals surface area contributed by atoms with E-state index < -0.39 is 0 Å². The predicted octanol–water partition coefficient (Wildman–Crippen LogP) is 3.58. The van der Waals surface area contributed by atoms with Crippen LogP contribution in [0.25, 0.3) is 0 Å². The molecule has 1 heterocycles. The van der Waals surface area contributed by atoms with Crippen molar-refractivity contribution in [2.45, 2.75) is 64.1 Å². The van der Waals surface area contributed by atoms with Gasteiger partial charge in [0.15, 0.2) is 0 Å². The van der Waals surface area contributed by atoms with Crippen molar-refractivity contribution in [3.63, 3.8) is 0 Å². The molecule has 1 fully saturated rings. The van der Waals surface area contributed by atoms with Gasteiger partial charge in [-0.1, -0.05) is 26.2 Å². The van der Waals surface area contributed by atoms with E-state index in [0.717, 1.165) is 32.2 Å². The normalized spacial score (nSPS) is 25.9. The Balaban J connectivity index is 1.80. The number of fused-ring (bicyclic) bond motifs is 1. The van der Waals surface area contributed by atoms with Gasteiger partial charge in [0.1, 0.15) is 12.4 Å². The minimum absolute atomic E-state index is 0.0834. The molecule has 2 N–H and O–H groups in total. The number of hydrogen-bond acceptors (Lipinski definition) is 5. The van der Waals surface area contributed by atoms with Crippen molar-refractivity contribution in [2.75, 3.05) is 46.2 Å². The van der Waals surface area contributed by atoms with Gasteiger partial charge in [-0.2, -0.15) is 0 Å². The SMILES string of the molecule is CO[C@@H]1CN(C)C(=O)c2cc(NC(=O)NC3CCCCC3)ccc2OC[C@H](C)N(C)C[C@H]1C. The van der Waals surface area contributed by atoms with Gasteiger partial charge in [0.25, 0.3) is 5.91 Å². The fourth-order valence-corrected chi connectivity index (χ4v) is 4.63. The van der Waals surface area contributed by atoms with Crippen LogP contribution < -0.4 is 15.4 Å². The number of carbonyl (C=O) groups is 2. The molecule has 33 heavy (non-hydrogen) atoms. The van der Waals surface area contributed by atoms with Gasteiger partial charge in [-0.25, -0.2) is 4.79 Å². The Morgan fingerprint density at radius 3 is 2.55 bits per heavy atom. The van der Waals surface area contributed by atoms with Crippen LogP contribution in [0.4, 0.5) is 10.5 Å². The lowest BCUT2D eigenvalue weighted by Crippen LogP contribution is -2.45. The Kier molecular flexibility index (Phi) is 8.97. The lowest BCUT2D eigenvalue weighted by Gasteiger charge is -2.34. The highest BCUT2D eigenvalue weighted by molar-refractivity contribution is 5.99. The molecule has 1 aliphatic carbocycles. The van der Waals surface area contributed by atoms with Crippen molar-refractivity contribution in [1.29, 1.82) is 0 Å². The van der Waals surface area contributed by atoms with E-state index in [1.807, 2.05) is 0 Å². The second-order valence-electron chi connectivity index (χ2n) is 9.68. The molecule has 8 heteroatoms. The fraction of sp³-hybridized carbons (Fsp3) is 0.680. The van der Waals surface area contributed by atoms with Crippen molar-refractivity contribution in [1.82, 2.24) is 15.1 Å². The monoisotopic (exact) mass is 460 g/mol. The van der Waals surface area contributed by atoms with Crippen LogP contribution in [0, 0.1) is 5.92 Å². The third kappa shape index (κ3) is 6.84. The molecule has 184 valence electrons. The van der Waals surface area contributed by atoms with E-state index in [0.29, 0.717) is 30.2 Å². The van der Waals surface area contributed by atoms with Crippen molar-refractivity contribution in [3.05, 3.63) is 23.8 Å². The molecule has 0 radical (unpaired) electrons. The van der Waals surface area contributed by atoms with Crippen LogP contribution in [-0.2, 0) is 4.74 Å². The van der Waals surface area contributed by atoms with E-state index in [-0.39, 0.29) is 36.0 Å². The van der Waals surface area contributed by atoms with E-state index in [2.05, 4.69) is 36.4 Å². The average Bonchev–Trinajstić information content (AvgIpc) is 2.80. The molecule has 3 amide bonds. The summed E-state index contributed by atoms with van der Waals surface area (Å²) in [6, 6.07) is 5.41.